The first-order valence-electron chi connectivity index (χ1n) is 7.30. The summed E-state index contributed by atoms with van der Waals surface area (Å²) >= 11 is 1.62. The molecule has 1 N–H and O–H groups in total. The lowest BCUT2D eigenvalue weighted by molar-refractivity contribution is -0.150. The lowest BCUT2D eigenvalue weighted by atomic mass is 10.2. The minimum absolute atomic E-state index is 0.296. The number of para-hydroxylation sites is 1. The highest BCUT2D eigenvalue weighted by Gasteiger charge is 2.10. The fourth-order valence-corrected chi connectivity index (χ4v) is 2.57. The van der Waals surface area contributed by atoms with Gasteiger partial charge in [0.25, 0.3) is 5.91 Å². The van der Waals surface area contributed by atoms with E-state index in [1.807, 2.05) is 17.5 Å². The van der Waals surface area contributed by atoms with Crippen molar-refractivity contribution in [2.24, 2.45) is 0 Å². The number of amides is 1. The van der Waals surface area contributed by atoms with E-state index < -0.39 is 5.97 Å². The second-order valence-electron chi connectivity index (χ2n) is 4.78. The molecule has 0 atom stereocenters. The second kappa shape index (κ2) is 9.46. The molecule has 0 saturated heterocycles. The van der Waals surface area contributed by atoms with E-state index in [-0.39, 0.29) is 19.1 Å². The summed E-state index contributed by atoms with van der Waals surface area (Å²) < 4.78 is 10.0. The molecule has 0 fully saturated rings. The topological polar surface area (TPSA) is 81.7 Å². The summed E-state index contributed by atoms with van der Waals surface area (Å²) in [6.07, 6.45) is 1.38. The Morgan fingerprint density at radius 2 is 1.96 bits per heavy atom. The van der Waals surface area contributed by atoms with Gasteiger partial charge in [0, 0.05) is 11.4 Å². The van der Waals surface area contributed by atoms with Crippen LogP contribution in [0.15, 0.2) is 41.8 Å². The molecule has 0 aliphatic carbocycles. The van der Waals surface area contributed by atoms with Gasteiger partial charge in [-0.2, -0.15) is 0 Å². The smallest absolute Gasteiger partial charge is 0.344 e. The molecular weight excluding hydrogens is 330 g/mol. The molecule has 7 heteroatoms. The van der Waals surface area contributed by atoms with Gasteiger partial charge in [-0.3, -0.25) is 9.59 Å². The third kappa shape index (κ3) is 5.85. The van der Waals surface area contributed by atoms with Crippen LogP contribution in [-0.2, 0) is 20.7 Å². The Bertz CT molecular complexity index is 684. The van der Waals surface area contributed by atoms with Crippen molar-refractivity contribution in [1.82, 2.24) is 5.32 Å². The van der Waals surface area contributed by atoms with E-state index in [4.69, 9.17) is 9.47 Å². The molecule has 2 rings (SSSR count). The Kier molecular flexibility index (Phi) is 6.97. The number of esters is 1. The quantitative estimate of drug-likeness (QED) is 0.553. The van der Waals surface area contributed by atoms with E-state index in [2.05, 4.69) is 5.32 Å². The molecule has 0 saturated carbocycles. The molecule has 2 aromatic rings. The number of thiophene rings is 1. The van der Waals surface area contributed by atoms with E-state index in [1.165, 1.54) is 4.88 Å². The van der Waals surface area contributed by atoms with Crippen molar-refractivity contribution in [1.29, 1.82) is 0 Å². The molecule has 1 aromatic carbocycles. The highest BCUT2D eigenvalue weighted by Crippen LogP contribution is 2.15. The number of ether oxygens (including phenoxy) is 2. The molecule has 0 radical (unpaired) electrons. The van der Waals surface area contributed by atoms with Crippen molar-refractivity contribution >= 4 is 29.5 Å². The zero-order chi connectivity index (χ0) is 17.2. The summed E-state index contributed by atoms with van der Waals surface area (Å²) in [6, 6.07) is 10.5. The van der Waals surface area contributed by atoms with Crippen LogP contribution in [-0.4, -0.2) is 37.9 Å². The monoisotopic (exact) mass is 347 g/mol. The van der Waals surface area contributed by atoms with Gasteiger partial charge in [0.2, 0.25) is 0 Å². The summed E-state index contributed by atoms with van der Waals surface area (Å²) in [5, 5.41) is 4.65. The van der Waals surface area contributed by atoms with E-state index in [1.54, 1.807) is 35.6 Å². The van der Waals surface area contributed by atoms with Crippen molar-refractivity contribution < 1.29 is 23.9 Å². The fraction of sp³-hybridized carbons (Fsp3) is 0.235. The third-order valence-electron chi connectivity index (χ3n) is 3.03. The molecule has 1 amide bonds. The van der Waals surface area contributed by atoms with Crippen molar-refractivity contribution in [3.8, 4) is 5.75 Å². The number of nitrogens with one attached hydrogen (secondary N) is 1. The zero-order valence-electron chi connectivity index (χ0n) is 12.9. The lowest BCUT2D eigenvalue weighted by Gasteiger charge is -2.08. The average Bonchev–Trinajstić information content (AvgIpc) is 3.11. The molecule has 0 aliphatic rings. The van der Waals surface area contributed by atoms with Crippen LogP contribution in [0.1, 0.15) is 15.2 Å². The second-order valence-corrected chi connectivity index (χ2v) is 5.82. The van der Waals surface area contributed by atoms with Crippen molar-refractivity contribution in [3.05, 3.63) is 52.2 Å². The minimum Gasteiger partial charge on any atom is -0.481 e. The predicted molar refractivity (Wildman–Crippen MR) is 89.3 cm³/mol. The molecule has 1 heterocycles. The Morgan fingerprint density at radius 3 is 2.71 bits per heavy atom. The Hall–Kier alpha value is -2.67. The molecule has 6 nitrogen and oxygen atoms in total. The number of benzene rings is 1. The molecule has 0 spiro atoms. The lowest BCUT2D eigenvalue weighted by Crippen LogP contribution is -2.31. The van der Waals surface area contributed by atoms with Crippen LogP contribution in [0.3, 0.4) is 0 Å². The maximum absolute atomic E-state index is 11.6. The first kappa shape index (κ1) is 17.7. The Balaban J connectivity index is 1.63. The average molecular weight is 347 g/mol. The predicted octanol–water partition coefficient (Wildman–Crippen LogP) is 1.84. The van der Waals surface area contributed by atoms with Crippen LogP contribution in [0.4, 0.5) is 0 Å². The van der Waals surface area contributed by atoms with Crippen molar-refractivity contribution in [2.75, 3.05) is 19.8 Å². The molecular formula is C17H17NO5S. The van der Waals surface area contributed by atoms with Gasteiger partial charge < -0.3 is 14.8 Å². The number of carbonyl (C=O) groups is 3. The first-order chi connectivity index (χ1) is 11.7. The van der Waals surface area contributed by atoms with Gasteiger partial charge in [-0.05, 0) is 30.0 Å². The molecule has 126 valence electrons. The van der Waals surface area contributed by atoms with Gasteiger partial charge in [0.15, 0.2) is 19.5 Å². The summed E-state index contributed by atoms with van der Waals surface area (Å²) in [5.41, 5.74) is 0.344. The number of carbonyl (C=O) groups excluding carboxylic acids is 3. The third-order valence-corrected chi connectivity index (χ3v) is 3.97. The summed E-state index contributed by atoms with van der Waals surface area (Å²) in [6.45, 7) is -0.241. The van der Waals surface area contributed by atoms with Crippen LogP contribution >= 0.6 is 11.3 Å². The number of aldehydes is 1. The molecule has 0 bridgehead atoms. The highest BCUT2D eigenvalue weighted by molar-refractivity contribution is 7.09. The van der Waals surface area contributed by atoms with Crippen LogP contribution in [0.5, 0.6) is 5.75 Å². The van der Waals surface area contributed by atoms with Crippen molar-refractivity contribution in [2.45, 2.75) is 6.42 Å². The minimum atomic E-state index is -0.677. The standard InChI is InChI=1S/C17H17NO5S/c19-10-13-4-1-2-6-15(13)22-12-17(21)23-11-16(20)18-8-7-14-5-3-9-24-14/h1-6,9-10H,7-8,11-12H2,(H,18,20). The molecule has 0 unspecified atom stereocenters. The largest absolute Gasteiger partial charge is 0.481 e. The van der Waals surface area contributed by atoms with E-state index >= 15 is 0 Å². The molecule has 1 aromatic heterocycles. The van der Waals surface area contributed by atoms with Gasteiger partial charge in [-0.15, -0.1) is 11.3 Å². The first-order valence-corrected chi connectivity index (χ1v) is 8.18. The summed E-state index contributed by atoms with van der Waals surface area (Å²) in [7, 11) is 0. The van der Waals surface area contributed by atoms with Crippen LogP contribution in [0.2, 0.25) is 0 Å². The zero-order valence-corrected chi connectivity index (χ0v) is 13.7. The van der Waals surface area contributed by atoms with Crippen LogP contribution < -0.4 is 10.1 Å². The SMILES string of the molecule is O=Cc1ccccc1OCC(=O)OCC(=O)NCCc1cccs1. The molecule has 24 heavy (non-hydrogen) atoms. The number of hydrogen-bond donors (Lipinski definition) is 1. The Labute approximate surface area is 143 Å². The number of rotatable bonds is 9. The maximum atomic E-state index is 11.6. The Morgan fingerprint density at radius 1 is 1.12 bits per heavy atom. The van der Waals surface area contributed by atoms with Gasteiger partial charge in [-0.1, -0.05) is 18.2 Å². The molecule has 0 aliphatic heterocycles. The van der Waals surface area contributed by atoms with Crippen molar-refractivity contribution in [3.63, 3.8) is 0 Å². The maximum Gasteiger partial charge on any atom is 0.344 e. The fourth-order valence-electron chi connectivity index (χ4n) is 1.86. The normalized spacial score (nSPS) is 10.0. The van der Waals surface area contributed by atoms with Gasteiger partial charge in [-0.25, -0.2) is 4.79 Å². The van der Waals surface area contributed by atoms with Gasteiger partial charge >= 0.3 is 5.97 Å². The van der Waals surface area contributed by atoms with Gasteiger partial charge in [0.05, 0.1) is 5.56 Å². The summed E-state index contributed by atoms with van der Waals surface area (Å²) in [4.78, 5) is 35.1. The van der Waals surface area contributed by atoms with E-state index in [0.717, 1.165) is 6.42 Å². The van der Waals surface area contributed by atoms with E-state index in [9.17, 15) is 14.4 Å². The highest BCUT2D eigenvalue weighted by atomic mass is 32.1. The van der Waals surface area contributed by atoms with Crippen LogP contribution in [0, 0.1) is 0 Å². The van der Waals surface area contributed by atoms with Crippen LogP contribution in [0.25, 0.3) is 0 Å². The van der Waals surface area contributed by atoms with E-state index in [0.29, 0.717) is 24.1 Å². The summed E-state index contributed by atoms with van der Waals surface area (Å²) in [5.74, 6) is -0.748. The van der Waals surface area contributed by atoms with Gasteiger partial charge in [0.1, 0.15) is 5.75 Å². The number of hydrogen-bond acceptors (Lipinski definition) is 6.